The first-order chi connectivity index (χ1) is 15.3. The average Bonchev–Trinajstić information content (AvgIpc) is 2.81. The van der Waals surface area contributed by atoms with Crippen molar-refractivity contribution in [3.05, 3.63) is 69.9 Å². The number of carbonyl (C=O) groups is 1. The van der Waals surface area contributed by atoms with Gasteiger partial charge in [-0.05, 0) is 65.8 Å². The Bertz CT molecular complexity index is 1170. The molecule has 5 nitrogen and oxygen atoms in total. The summed E-state index contributed by atoms with van der Waals surface area (Å²) in [5, 5.41) is 0.388. The number of hydrogen-bond acceptors (Lipinski definition) is 5. The molecule has 32 heavy (non-hydrogen) atoms. The molecule has 1 saturated heterocycles. The lowest BCUT2D eigenvalue weighted by Crippen LogP contribution is -2.51. The number of hydrogen-bond donors (Lipinski definition) is 0. The van der Waals surface area contributed by atoms with Gasteiger partial charge in [0.25, 0.3) is 0 Å². The number of fused-ring (bicyclic) bond motifs is 1. The van der Waals surface area contributed by atoms with Crippen LogP contribution in [0.15, 0.2) is 57.7 Å². The smallest absolute Gasteiger partial charge is 0.342 e. The molecule has 1 aliphatic rings. The SMILES string of the molecule is Cc1c(-c2ccccc2)oc2c(C(=O)OC(C)(C)C(C)N3CCCCC3)cccc2c1=O. The molecule has 1 unspecified atom stereocenters. The summed E-state index contributed by atoms with van der Waals surface area (Å²) < 4.78 is 12.2. The van der Waals surface area contributed by atoms with Gasteiger partial charge >= 0.3 is 5.97 Å². The Morgan fingerprint density at radius 2 is 1.72 bits per heavy atom. The summed E-state index contributed by atoms with van der Waals surface area (Å²) in [5.74, 6) is -0.000214. The molecule has 5 heteroatoms. The predicted molar refractivity (Wildman–Crippen MR) is 127 cm³/mol. The summed E-state index contributed by atoms with van der Waals surface area (Å²) >= 11 is 0. The van der Waals surface area contributed by atoms with E-state index in [0.29, 0.717) is 16.7 Å². The number of esters is 1. The molecule has 168 valence electrons. The summed E-state index contributed by atoms with van der Waals surface area (Å²) in [4.78, 5) is 28.8. The Kier molecular flexibility index (Phi) is 6.20. The van der Waals surface area contributed by atoms with Gasteiger partial charge in [-0.25, -0.2) is 4.79 Å². The van der Waals surface area contributed by atoms with E-state index >= 15 is 0 Å². The number of piperidine rings is 1. The van der Waals surface area contributed by atoms with Crippen LogP contribution in [0.5, 0.6) is 0 Å². The van der Waals surface area contributed by atoms with Gasteiger partial charge in [0.05, 0.1) is 5.39 Å². The molecule has 2 heterocycles. The normalized spacial score (nSPS) is 16.1. The van der Waals surface area contributed by atoms with Crippen molar-refractivity contribution in [3.8, 4) is 11.3 Å². The number of carbonyl (C=O) groups excluding carboxylic acids is 1. The van der Waals surface area contributed by atoms with Gasteiger partial charge < -0.3 is 9.15 Å². The molecule has 2 aromatic carbocycles. The monoisotopic (exact) mass is 433 g/mol. The fraction of sp³-hybridized carbons (Fsp3) is 0.407. The Hall–Kier alpha value is -2.92. The average molecular weight is 434 g/mol. The Balaban J connectivity index is 1.71. The maximum Gasteiger partial charge on any atom is 0.342 e. The molecule has 1 aliphatic heterocycles. The number of rotatable bonds is 5. The van der Waals surface area contributed by atoms with E-state index < -0.39 is 11.6 Å². The zero-order valence-electron chi connectivity index (χ0n) is 19.3. The van der Waals surface area contributed by atoms with E-state index in [2.05, 4.69) is 11.8 Å². The summed E-state index contributed by atoms with van der Waals surface area (Å²) in [7, 11) is 0. The van der Waals surface area contributed by atoms with Gasteiger partial charge in [-0.3, -0.25) is 9.69 Å². The first-order valence-corrected chi connectivity index (χ1v) is 11.4. The second-order valence-corrected chi connectivity index (χ2v) is 9.20. The molecule has 1 fully saturated rings. The van der Waals surface area contributed by atoms with Crippen LogP contribution in [-0.2, 0) is 4.74 Å². The van der Waals surface area contributed by atoms with Crippen LogP contribution in [-0.4, -0.2) is 35.6 Å². The summed E-state index contributed by atoms with van der Waals surface area (Å²) in [6, 6.07) is 14.6. The largest absolute Gasteiger partial charge is 0.455 e. The fourth-order valence-corrected chi connectivity index (χ4v) is 4.46. The fourth-order valence-electron chi connectivity index (χ4n) is 4.46. The Labute approximate surface area is 189 Å². The maximum absolute atomic E-state index is 13.3. The minimum Gasteiger partial charge on any atom is -0.455 e. The van der Waals surface area contributed by atoms with E-state index in [0.717, 1.165) is 18.7 Å². The molecule has 3 aromatic rings. The third kappa shape index (κ3) is 4.22. The van der Waals surface area contributed by atoms with Crippen LogP contribution < -0.4 is 5.43 Å². The molecule has 1 aromatic heterocycles. The standard InChI is InChI=1S/C27H31NO4/c1-18-23(29)21-14-11-15-22(25(21)31-24(18)20-12-7-5-8-13-20)26(30)32-27(3,4)19(2)28-16-9-6-10-17-28/h5,7-8,11-15,19H,6,9-10,16-17H2,1-4H3. The summed E-state index contributed by atoms with van der Waals surface area (Å²) in [5.41, 5.74) is 1.04. The lowest BCUT2D eigenvalue weighted by molar-refractivity contribution is -0.0469. The van der Waals surface area contributed by atoms with Gasteiger partial charge in [-0.2, -0.15) is 0 Å². The quantitative estimate of drug-likeness (QED) is 0.492. The van der Waals surface area contributed by atoms with Crippen molar-refractivity contribution in [3.63, 3.8) is 0 Å². The van der Waals surface area contributed by atoms with Crippen molar-refractivity contribution in [2.45, 2.75) is 58.6 Å². The lowest BCUT2D eigenvalue weighted by Gasteiger charge is -2.41. The van der Waals surface area contributed by atoms with Crippen molar-refractivity contribution >= 4 is 16.9 Å². The molecule has 4 rings (SSSR count). The second kappa shape index (κ2) is 8.91. The topological polar surface area (TPSA) is 59.8 Å². The highest BCUT2D eigenvalue weighted by molar-refractivity contribution is 6.02. The molecule has 0 N–H and O–H groups in total. The number of nitrogens with zero attached hydrogens (tertiary/aromatic N) is 1. The first-order valence-electron chi connectivity index (χ1n) is 11.4. The van der Waals surface area contributed by atoms with E-state index in [1.165, 1.54) is 19.3 Å². The van der Waals surface area contributed by atoms with E-state index in [4.69, 9.17) is 9.15 Å². The molecule has 0 radical (unpaired) electrons. The van der Waals surface area contributed by atoms with Crippen LogP contribution in [0.2, 0.25) is 0 Å². The highest BCUT2D eigenvalue weighted by atomic mass is 16.6. The van der Waals surface area contributed by atoms with E-state index in [1.54, 1.807) is 25.1 Å². The van der Waals surface area contributed by atoms with Crippen LogP contribution in [0.25, 0.3) is 22.3 Å². The van der Waals surface area contributed by atoms with Crippen molar-refractivity contribution in [2.75, 3.05) is 13.1 Å². The first kappa shape index (κ1) is 22.3. The van der Waals surface area contributed by atoms with Crippen molar-refractivity contribution in [1.82, 2.24) is 4.90 Å². The van der Waals surface area contributed by atoms with E-state index in [9.17, 15) is 9.59 Å². The van der Waals surface area contributed by atoms with Gasteiger partial charge in [0.1, 0.15) is 16.9 Å². The second-order valence-electron chi connectivity index (χ2n) is 9.20. The molecule has 0 bridgehead atoms. The van der Waals surface area contributed by atoms with E-state index in [-0.39, 0.29) is 22.6 Å². The third-order valence-corrected chi connectivity index (χ3v) is 6.70. The molecular weight excluding hydrogens is 402 g/mol. The summed E-state index contributed by atoms with van der Waals surface area (Å²) in [6.45, 7) is 9.80. The molecular formula is C27H31NO4. The van der Waals surface area contributed by atoms with E-state index in [1.807, 2.05) is 44.2 Å². The van der Waals surface area contributed by atoms with Gasteiger partial charge in [-0.1, -0.05) is 42.8 Å². The lowest BCUT2D eigenvalue weighted by atomic mass is 9.96. The number of benzene rings is 2. The number of ether oxygens (including phenoxy) is 1. The highest BCUT2D eigenvalue weighted by Gasteiger charge is 2.35. The Morgan fingerprint density at radius 1 is 1.03 bits per heavy atom. The van der Waals surface area contributed by atoms with Crippen molar-refractivity contribution in [1.29, 1.82) is 0 Å². The molecule has 0 spiro atoms. The third-order valence-electron chi connectivity index (χ3n) is 6.70. The highest BCUT2D eigenvalue weighted by Crippen LogP contribution is 2.29. The molecule has 0 saturated carbocycles. The molecule has 1 atom stereocenters. The molecule has 0 amide bonds. The zero-order valence-corrected chi connectivity index (χ0v) is 19.3. The van der Waals surface area contributed by atoms with Crippen LogP contribution in [0.1, 0.15) is 56.0 Å². The maximum atomic E-state index is 13.3. The van der Waals surface area contributed by atoms with Crippen LogP contribution >= 0.6 is 0 Å². The minimum atomic E-state index is -0.691. The van der Waals surface area contributed by atoms with Crippen molar-refractivity contribution in [2.24, 2.45) is 0 Å². The number of para-hydroxylation sites is 1. The predicted octanol–water partition coefficient (Wildman–Crippen LogP) is 5.58. The van der Waals surface area contributed by atoms with Gasteiger partial charge in [-0.15, -0.1) is 0 Å². The van der Waals surface area contributed by atoms with Crippen LogP contribution in [0, 0.1) is 6.92 Å². The van der Waals surface area contributed by atoms with Crippen LogP contribution in [0.4, 0.5) is 0 Å². The summed E-state index contributed by atoms with van der Waals surface area (Å²) in [6.07, 6.45) is 3.59. The Morgan fingerprint density at radius 3 is 2.41 bits per heavy atom. The van der Waals surface area contributed by atoms with Crippen LogP contribution in [0.3, 0.4) is 0 Å². The zero-order chi connectivity index (χ0) is 22.9. The van der Waals surface area contributed by atoms with Gasteiger partial charge in [0.2, 0.25) is 0 Å². The number of likely N-dealkylation sites (tertiary alicyclic amines) is 1. The molecule has 0 aliphatic carbocycles. The van der Waals surface area contributed by atoms with Gasteiger partial charge in [0.15, 0.2) is 11.0 Å². The van der Waals surface area contributed by atoms with Gasteiger partial charge in [0, 0.05) is 17.2 Å². The van der Waals surface area contributed by atoms with Crippen molar-refractivity contribution < 1.29 is 13.9 Å². The minimum absolute atomic E-state index is 0.0795.